The van der Waals surface area contributed by atoms with Crippen LogP contribution in [0.4, 0.5) is 13.2 Å². The molecule has 1 unspecified atom stereocenters. The van der Waals surface area contributed by atoms with E-state index in [4.69, 9.17) is 10.1 Å². The Balaban J connectivity index is 2.26. The lowest BCUT2D eigenvalue weighted by Gasteiger charge is -2.36. The van der Waals surface area contributed by atoms with Crippen LogP contribution in [-0.4, -0.2) is 32.0 Å². The molecular formula is C7H9F3N4O2. The average Bonchev–Trinajstić information content (AvgIpc) is 2.64. The van der Waals surface area contributed by atoms with Crippen molar-refractivity contribution in [1.29, 1.82) is 5.41 Å². The molecule has 0 bridgehead atoms. The third-order valence-corrected chi connectivity index (χ3v) is 2.20. The molecule has 1 aromatic rings. The fourth-order valence-corrected chi connectivity index (χ4v) is 1.46. The van der Waals surface area contributed by atoms with E-state index >= 15 is 0 Å². The van der Waals surface area contributed by atoms with E-state index in [1.807, 2.05) is 0 Å². The molecule has 0 spiro atoms. The van der Waals surface area contributed by atoms with E-state index in [9.17, 15) is 13.2 Å². The van der Waals surface area contributed by atoms with E-state index in [1.54, 1.807) is 0 Å². The first-order valence-electron chi connectivity index (χ1n) is 4.50. The molecule has 1 fully saturated rings. The van der Waals surface area contributed by atoms with Crippen LogP contribution in [0.25, 0.3) is 0 Å². The molecule has 0 amide bonds. The van der Waals surface area contributed by atoms with Gasteiger partial charge in [-0.05, 0) is 5.27 Å². The number of morpholine rings is 1. The summed E-state index contributed by atoms with van der Waals surface area (Å²) < 4.78 is 47.1. The molecule has 2 rings (SSSR count). The second-order valence-electron chi connectivity index (χ2n) is 3.28. The van der Waals surface area contributed by atoms with Crippen molar-refractivity contribution >= 4 is 0 Å². The molecule has 1 saturated heterocycles. The SMILES string of the molecule is N=c1c[n+](N2CCOCC2C(F)(F)F)[n-]o1. The molecule has 0 saturated carbocycles. The van der Waals surface area contributed by atoms with Crippen LogP contribution in [0.2, 0.25) is 0 Å². The highest BCUT2D eigenvalue weighted by atomic mass is 19.4. The molecule has 9 heteroatoms. The predicted molar refractivity (Wildman–Crippen MR) is 41.8 cm³/mol. The number of hydrogen-bond donors (Lipinski definition) is 1. The highest BCUT2D eigenvalue weighted by Gasteiger charge is 2.45. The Kier molecular flexibility index (Phi) is 2.62. The summed E-state index contributed by atoms with van der Waals surface area (Å²) in [5.74, 6) is 0. The number of aromatic nitrogens is 2. The third-order valence-electron chi connectivity index (χ3n) is 2.20. The molecule has 90 valence electrons. The van der Waals surface area contributed by atoms with E-state index in [0.29, 0.717) is 0 Å². The minimum Gasteiger partial charge on any atom is -0.381 e. The van der Waals surface area contributed by atoms with Crippen molar-refractivity contribution in [3.05, 3.63) is 11.8 Å². The minimum atomic E-state index is -4.41. The van der Waals surface area contributed by atoms with Crippen LogP contribution in [0.3, 0.4) is 0 Å². The number of halogens is 3. The number of nitrogens with one attached hydrogen (secondary N) is 1. The van der Waals surface area contributed by atoms with Crippen LogP contribution in [0.5, 0.6) is 0 Å². The monoisotopic (exact) mass is 238 g/mol. The summed E-state index contributed by atoms with van der Waals surface area (Å²) in [6, 6.07) is -1.77. The quantitative estimate of drug-likeness (QED) is 0.631. The van der Waals surface area contributed by atoms with Crippen LogP contribution in [0.15, 0.2) is 10.7 Å². The first kappa shape index (κ1) is 11.0. The van der Waals surface area contributed by atoms with Gasteiger partial charge in [-0.2, -0.15) is 13.2 Å². The summed E-state index contributed by atoms with van der Waals surface area (Å²) in [7, 11) is 0. The lowest BCUT2D eigenvalue weighted by molar-refractivity contribution is -0.771. The molecule has 0 aromatic carbocycles. The zero-order chi connectivity index (χ0) is 11.8. The zero-order valence-electron chi connectivity index (χ0n) is 8.07. The third kappa shape index (κ3) is 2.03. The first-order chi connectivity index (χ1) is 7.48. The summed E-state index contributed by atoms with van der Waals surface area (Å²) in [5.41, 5.74) is -0.299. The summed E-state index contributed by atoms with van der Waals surface area (Å²) in [4.78, 5) is 0.892. The highest BCUT2D eigenvalue weighted by Crippen LogP contribution is 2.24. The van der Waals surface area contributed by atoms with Crippen molar-refractivity contribution in [3.63, 3.8) is 0 Å². The molecule has 1 aliphatic heterocycles. The minimum absolute atomic E-state index is 0.0425. The summed E-state index contributed by atoms with van der Waals surface area (Å²) in [5, 5.41) is 11.4. The maximum atomic E-state index is 12.6. The van der Waals surface area contributed by atoms with Gasteiger partial charge in [-0.15, -0.1) is 0 Å². The van der Waals surface area contributed by atoms with Crippen LogP contribution in [0.1, 0.15) is 0 Å². The Morgan fingerprint density at radius 2 is 2.31 bits per heavy atom. The Hall–Kier alpha value is -1.51. The van der Waals surface area contributed by atoms with Gasteiger partial charge in [0.25, 0.3) is 11.8 Å². The number of alkyl halides is 3. The maximum Gasteiger partial charge on any atom is 0.398 e. The van der Waals surface area contributed by atoms with Crippen molar-refractivity contribution in [2.75, 3.05) is 24.8 Å². The lowest BCUT2D eigenvalue weighted by Crippen LogP contribution is -2.71. The molecular weight excluding hydrogens is 229 g/mol. The average molecular weight is 238 g/mol. The second-order valence-corrected chi connectivity index (χ2v) is 3.28. The fourth-order valence-electron chi connectivity index (χ4n) is 1.46. The number of nitrogens with zero attached hydrogens (tertiary/aromatic N) is 3. The largest absolute Gasteiger partial charge is 0.398 e. The zero-order valence-corrected chi connectivity index (χ0v) is 8.07. The first-order valence-corrected chi connectivity index (χ1v) is 4.50. The molecule has 0 aliphatic carbocycles. The van der Waals surface area contributed by atoms with Crippen molar-refractivity contribution < 1.29 is 27.2 Å². The van der Waals surface area contributed by atoms with Crippen molar-refractivity contribution in [2.45, 2.75) is 12.2 Å². The molecule has 0 radical (unpaired) electrons. The second kappa shape index (κ2) is 3.81. The fraction of sp³-hybridized carbons (Fsp3) is 0.714. The van der Waals surface area contributed by atoms with E-state index in [1.165, 1.54) is 0 Å². The van der Waals surface area contributed by atoms with E-state index in [2.05, 4.69) is 9.79 Å². The number of rotatable bonds is 1. The van der Waals surface area contributed by atoms with Gasteiger partial charge >= 0.3 is 6.18 Å². The van der Waals surface area contributed by atoms with Gasteiger partial charge in [-0.1, -0.05) is 4.79 Å². The Bertz CT molecular complexity index is 412. The lowest BCUT2D eigenvalue weighted by atomic mass is 10.2. The predicted octanol–water partition coefficient (Wildman–Crippen LogP) is -1.10. The van der Waals surface area contributed by atoms with Gasteiger partial charge in [0.05, 0.1) is 13.2 Å². The van der Waals surface area contributed by atoms with Gasteiger partial charge in [-0.3, -0.25) is 10.4 Å². The van der Waals surface area contributed by atoms with Gasteiger partial charge < -0.3 is 9.26 Å². The Morgan fingerprint density at radius 1 is 1.56 bits per heavy atom. The number of hydrogen-bond acceptors (Lipinski definition) is 4. The van der Waals surface area contributed by atoms with Crippen LogP contribution in [-0.2, 0) is 4.74 Å². The number of ether oxygens (including phenoxy) is 1. The molecule has 1 aromatic heterocycles. The molecule has 1 atom stereocenters. The summed E-state index contributed by atoms with van der Waals surface area (Å²) in [6.07, 6.45) is -3.33. The molecule has 16 heavy (non-hydrogen) atoms. The maximum absolute atomic E-state index is 12.6. The smallest absolute Gasteiger partial charge is 0.381 e. The van der Waals surface area contributed by atoms with Crippen molar-refractivity contribution in [2.24, 2.45) is 0 Å². The molecule has 2 heterocycles. The Morgan fingerprint density at radius 3 is 2.88 bits per heavy atom. The van der Waals surface area contributed by atoms with Crippen molar-refractivity contribution in [1.82, 2.24) is 5.27 Å². The van der Waals surface area contributed by atoms with E-state index in [0.717, 1.165) is 16.0 Å². The van der Waals surface area contributed by atoms with Crippen LogP contribution >= 0.6 is 0 Å². The van der Waals surface area contributed by atoms with Crippen LogP contribution < -0.4 is 20.6 Å². The molecule has 1 aliphatic rings. The summed E-state index contributed by atoms with van der Waals surface area (Å²) in [6.45, 7) is -0.225. The van der Waals surface area contributed by atoms with Crippen molar-refractivity contribution in [3.8, 4) is 0 Å². The Labute approximate surface area is 87.6 Å². The molecule has 6 nitrogen and oxygen atoms in total. The van der Waals surface area contributed by atoms with Gasteiger partial charge in [0.15, 0.2) is 0 Å². The van der Waals surface area contributed by atoms with E-state index < -0.39 is 18.8 Å². The summed E-state index contributed by atoms with van der Waals surface area (Å²) >= 11 is 0. The topological polar surface area (TPSA) is 67.4 Å². The van der Waals surface area contributed by atoms with Gasteiger partial charge in [0, 0.05) is 6.54 Å². The van der Waals surface area contributed by atoms with Crippen LogP contribution in [0, 0.1) is 5.41 Å². The highest BCUT2D eigenvalue weighted by molar-refractivity contribution is 4.91. The molecule has 1 N–H and O–H groups in total. The van der Waals surface area contributed by atoms with E-state index in [-0.39, 0.29) is 18.7 Å². The van der Waals surface area contributed by atoms with Gasteiger partial charge in [-0.25, -0.2) is 0 Å². The normalized spacial score (nSPS) is 22.4. The van der Waals surface area contributed by atoms with Gasteiger partial charge in [0.2, 0.25) is 0 Å². The van der Waals surface area contributed by atoms with Gasteiger partial charge in [0.1, 0.15) is 6.04 Å². The standard InChI is InChI=1S/C7H9F3N4O2/c8-7(9,10)5-4-15-2-1-13(5)14-3-6(11)16-12-14/h3,5,11H,1-2,4H2.